The Morgan fingerprint density at radius 3 is 2.55 bits per heavy atom. The molecule has 0 atom stereocenters. The second kappa shape index (κ2) is 9.66. The molecule has 0 radical (unpaired) electrons. The topological polar surface area (TPSA) is 90.3 Å². The Hall–Kier alpha value is -3.98. The van der Waals surface area contributed by atoms with Gasteiger partial charge in [0, 0.05) is 5.69 Å². The molecule has 33 heavy (non-hydrogen) atoms. The number of carbonyl (C=O) groups is 1. The smallest absolute Gasteiger partial charge is 0.261 e. The van der Waals surface area contributed by atoms with Gasteiger partial charge in [-0.3, -0.25) is 10.1 Å². The van der Waals surface area contributed by atoms with Crippen LogP contribution in [-0.4, -0.2) is 39.7 Å². The van der Waals surface area contributed by atoms with Gasteiger partial charge < -0.3 is 14.8 Å². The van der Waals surface area contributed by atoms with Gasteiger partial charge in [0.1, 0.15) is 22.5 Å². The van der Waals surface area contributed by atoms with E-state index in [1.165, 1.54) is 7.11 Å². The maximum absolute atomic E-state index is 12.7. The number of aryl methyl sites for hydroxylation is 1. The lowest BCUT2D eigenvalue weighted by Crippen LogP contribution is -2.34. The molecule has 1 heterocycles. The number of methoxy groups -OCH3 is 1. The molecule has 8 nitrogen and oxygen atoms in total. The van der Waals surface area contributed by atoms with Crippen LogP contribution in [0.5, 0.6) is 11.5 Å². The Kier molecular flexibility index (Phi) is 6.50. The largest absolute Gasteiger partial charge is 0.496 e. The molecular weight excluding hydrogens is 438 g/mol. The Morgan fingerprint density at radius 1 is 1.06 bits per heavy atom. The van der Waals surface area contributed by atoms with Crippen molar-refractivity contribution < 1.29 is 14.3 Å². The first kappa shape index (κ1) is 22.2. The normalized spacial score (nSPS) is 10.6. The van der Waals surface area contributed by atoms with Crippen molar-refractivity contribution in [1.29, 1.82) is 0 Å². The lowest BCUT2D eigenvalue weighted by Gasteiger charge is -2.13. The molecule has 0 aliphatic carbocycles. The first-order valence-corrected chi connectivity index (χ1v) is 10.8. The van der Waals surface area contributed by atoms with Crippen LogP contribution in [0.15, 0.2) is 60.7 Å². The molecule has 0 saturated carbocycles. The van der Waals surface area contributed by atoms with Crippen molar-refractivity contribution >= 4 is 40.0 Å². The Morgan fingerprint density at radius 2 is 1.82 bits per heavy atom. The number of anilines is 1. The number of fused-ring (bicyclic) bond motifs is 1. The van der Waals surface area contributed by atoms with Gasteiger partial charge in [-0.1, -0.05) is 12.1 Å². The Balaban J connectivity index is 1.47. The molecule has 0 aliphatic heterocycles. The first-order chi connectivity index (χ1) is 16.0. The van der Waals surface area contributed by atoms with Crippen molar-refractivity contribution in [1.82, 2.24) is 20.3 Å². The zero-order chi connectivity index (χ0) is 23.4. The molecule has 2 N–H and O–H groups in total. The molecule has 9 heteroatoms. The molecule has 0 bridgehead atoms. The number of thiocarbonyl (C=S) groups is 1. The van der Waals surface area contributed by atoms with Crippen molar-refractivity contribution in [3.63, 3.8) is 0 Å². The monoisotopic (exact) mass is 461 g/mol. The van der Waals surface area contributed by atoms with Crippen LogP contribution in [-0.2, 0) is 0 Å². The molecule has 0 unspecified atom stereocenters. The number of para-hydroxylation sites is 1. The van der Waals surface area contributed by atoms with E-state index in [9.17, 15) is 4.79 Å². The van der Waals surface area contributed by atoms with Crippen LogP contribution in [0.3, 0.4) is 0 Å². The van der Waals surface area contributed by atoms with Crippen LogP contribution >= 0.6 is 12.2 Å². The maximum atomic E-state index is 12.7. The van der Waals surface area contributed by atoms with E-state index in [1.54, 1.807) is 16.9 Å². The summed E-state index contributed by atoms with van der Waals surface area (Å²) in [5.74, 6) is 0.962. The van der Waals surface area contributed by atoms with Crippen LogP contribution < -0.4 is 20.1 Å². The summed E-state index contributed by atoms with van der Waals surface area (Å²) in [5.41, 5.74) is 4.19. The molecule has 168 valence electrons. The third-order valence-corrected chi connectivity index (χ3v) is 5.11. The minimum atomic E-state index is -0.351. The predicted octanol–water partition coefficient (Wildman–Crippen LogP) is 4.26. The van der Waals surface area contributed by atoms with E-state index in [1.807, 2.05) is 62.4 Å². The summed E-state index contributed by atoms with van der Waals surface area (Å²) in [5, 5.41) is 14.9. The zero-order valence-corrected chi connectivity index (χ0v) is 19.3. The van der Waals surface area contributed by atoms with Gasteiger partial charge in [-0.2, -0.15) is 4.80 Å². The predicted molar refractivity (Wildman–Crippen MR) is 131 cm³/mol. The van der Waals surface area contributed by atoms with E-state index in [2.05, 4.69) is 20.8 Å². The third-order valence-electron chi connectivity index (χ3n) is 4.90. The first-order valence-electron chi connectivity index (χ1n) is 10.3. The summed E-state index contributed by atoms with van der Waals surface area (Å²) in [4.78, 5) is 14.2. The Labute approximate surface area is 196 Å². The molecular formula is C24H23N5O3S. The summed E-state index contributed by atoms with van der Waals surface area (Å²) in [7, 11) is 1.53. The number of aromatic nitrogens is 3. The molecule has 3 aromatic carbocycles. The number of carbonyl (C=O) groups excluding carboxylic acids is 1. The highest BCUT2D eigenvalue weighted by Gasteiger charge is 2.15. The SMILES string of the molecule is CCOc1ccc(-n2nc3ccc(NC(=S)NC(=O)c4cccc(C)c4OC)cc3n2)cc1. The van der Waals surface area contributed by atoms with Gasteiger partial charge in [0.25, 0.3) is 5.91 Å². The lowest BCUT2D eigenvalue weighted by atomic mass is 10.1. The molecule has 1 aromatic heterocycles. The van der Waals surface area contributed by atoms with Crippen LogP contribution in [0.25, 0.3) is 16.7 Å². The lowest BCUT2D eigenvalue weighted by molar-refractivity contribution is 0.0974. The van der Waals surface area contributed by atoms with E-state index >= 15 is 0 Å². The van der Waals surface area contributed by atoms with Crippen LogP contribution in [0.2, 0.25) is 0 Å². The summed E-state index contributed by atoms with van der Waals surface area (Å²) in [6.07, 6.45) is 0. The van der Waals surface area contributed by atoms with Crippen molar-refractivity contribution in [2.24, 2.45) is 0 Å². The Bertz CT molecular complexity index is 1320. The van der Waals surface area contributed by atoms with Gasteiger partial charge in [0.2, 0.25) is 0 Å². The fourth-order valence-electron chi connectivity index (χ4n) is 3.39. The quantitative estimate of drug-likeness (QED) is 0.415. The van der Waals surface area contributed by atoms with Gasteiger partial charge in [0.05, 0.1) is 25.0 Å². The molecule has 0 saturated heterocycles. The standard InChI is InChI=1S/C24H23N5O3S/c1-4-32-18-11-9-17(10-12-18)29-27-20-13-8-16(14-21(20)28-29)25-24(33)26-23(30)19-7-5-6-15(2)22(19)31-3/h5-14H,4H2,1-3H3,(H2,25,26,30,33). The molecule has 4 aromatic rings. The van der Waals surface area contributed by atoms with Crippen LogP contribution in [0.1, 0.15) is 22.8 Å². The number of rotatable bonds is 6. The second-order valence-electron chi connectivity index (χ2n) is 7.18. The fourth-order valence-corrected chi connectivity index (χ4v) is 3.60. The van der Waals surface area contributed by atoms with Gasteiger partial charge in [-0.05, 0) is 80.2 Å². The number of hydrogen-bond acceptors (Lipinski definition) is 6. The molecule has 0 spiro atoms. The van der Waals surface area contributed by atoms with Crippen molar-refractivity contribution in [3.8, 4) is 17.2 Å². The highest BCUT2D eigenvalue weighted by atomic mass is 32.1. The van der Waals surface area contributed by atoms with Gasteiger partial charge in [-0.25, -0.2) is 0 Å². The van der Waals surface area contributed by atoms with Crippen molar-refractivity contribution in [2.45, 2.75) is 13.8 Å². The summed E-state index contributed by atoms with van der Waals surface area (Å²) < 4.78 is 10.8. The van der Waals surface area contributed by atoms with E-state index in [0.29, 0.717) is 29.1 Å². The van der Waals surface area contributed by atoms with Crippen molar-refractivity contribution in [2.75, 3.05) is 19.0 Å². The number of nitrogens with zero attached hydrogens (tertiary/aromatic N) is 3. The zero-order valence-electron chi connectivity index (χ0n) is 18.5. The highest BCUT2D eigenvalue weighted by Crippen LogP contribution is 2.23. The number of benzene rings is 3. The molecule has 0 fully saturated rings. The average Bonchev–Trinajstić information content (AvgIpc) is 3.23. The summed E-state index contributed by atoms with van der Waals surface area (Å²) in [6.45, 7) is 4.43. The minimum absolute atomic E-state index is 0.168. The number of ether oxygens (including phenoxy) is 2. The second-order valence-corrected chi connectivity index (χ2v) is 7.59. The van der Waals surface area contributed by atoms with Crippen LogP contribution in [0.4, 0.5) is 5.69 Å². The molecule has 1 amide bonds. The third kappa shape index (κ3) is 4.93. The van der Waals surface area contributed by atoms with E-state index < -0.39 is 0 Å². The van der Waals surface area contributed by atoms with Gasteiger partial charge in [-0.15, -0.1) is 10.2 Å². The number of amides is 1. The van der Waals surface area contributed by atoms with Crippen molar-refractivity contribution in [3.05, 3.63) is 71.8 Å². The average molecular weight is 462 g/mol. The van der Waals surface area contributed by atoms with E-state index in [-0.39, 0.29) is 11.0 Å². The molecule has 0 aliphatic rings. The summed E-state index contributed by atoms with van der Waals surface area (Å²) >= 11 is 5.33. The number of hydrogen-bond donors (Lipinski definition) is 2. The minimum Gasteiger partial charge on any atom is -0.496 e. The highest BCUT2D eigenvalue weighted by molar-refractivity contribution is 7.80. The fraction of sp³-hybridized carbons (Fsp3) is 0.167. The van der Waals surface area contributed by atoms with Crippen LogP contribution in [0, 0.1) is 6.92 Å². The van der Waals surface area contributed by atoms with Gasteiger partial charge >= 0.3 is 0 Å². The maximum Gasteiger partial charge on any atom is 0.261 e. The molecule has 4 rings (SSSR count). The van der Waals surface area contributed by atoms with E-state index in [4.69, 9.17) is 21.7 Å². The summed E-state index contributed by atoms with van der Waals surface area (Å²) in [6, 6.07) is 18.4. The number of nitrogens with one attached hydrogen (secondary N) is 2. The van der Waals surface area contributed by atoms with Gasteiger partial charge in [0.15, 0.2) is 5.11 Å². The van der Waals surface area contributed by atoms with E-state index in [0.717, 1.165) is 22.5 Å².